The van der Waals surface area contributed by atoms with Gasteiger partial charge in [-0.05, 0) is 31.5 Å². The standard InChI is InChI=1S/C11H14ClN5/c1-7-11(12)8(2)17(16-7)6-9-3-4-14-10(5-9)15-13/h3-5H,6,13H2,1-2H3,(H,14,15). The Bertz CT molecular complexity index is 535. The molecular weight excluding hydrogens is 238 g/mol. The number of rotatable bonds is 3. The molecule has 3 N–H and O–H groups in total. The van der Waals surface area contributed by atoms with Crippen LogP contribution in [0.4, 0.5) is 5.82 Å². The number of hydrazine groups is 1. The van der Waals surface area contributed by atoms with Crippen molar-refractivity contribution < 1.29 is 0 Å². The number of halogens is 1. The second-order valence-electron chi connectivity index (χ2n) is 3.84. The van der Waals surface area contributed by atoms with Crippen LogP contribution in [0.2, 0.25) is 5.02 Å². The number of aryl methyl sites for hydroxylation is 1. The van der Waals surface area contributed by atoms with Crippen molar-refractivity contribution in [2.24, 2.45) is 5.84 Å². The zero-order chi connectivity index (χ0) is 12.4. The summed E-state index contributed by atoms with van der Waals surface area (Å²) in [5.41, 5.74) is 5.39. The smallest absolute Gasteiger partial charge is 0.140 e. The average molecular weight is 252 g/mol. The molecule has 0 aliphatic rings. The summed E-state index contributed by atoms with van der Waals surface area (Å²) in [6, 6.07) is 3.80. The monoisotopic (exact) mass is 251 g/mol. The largest absolute Gasteiger partial charge is 0.308 e. The lowest BCUT2D eigenvalue weighted by molar-refractivity contribution is 0.658. The first-order chi connectivity index (χ1) is 8.11. The minimum Gasteiger partial charge on any atom is -0.308 e. The van der Waals surface area contributed by atoms with Crippen LogP contribution < -0.4 is 11.3 Å². The van der Waals surface area contributed by atoms with E-state index in [1.165, 1.54) is 0 Å². The molecule has 5 nitrogen and oxygen atoms in total. The second-order valence-corrected chi connectivity index (χ2v) is 4.21. The minimum absolute atomic E-state index is 0.634. The van der Waals surface area contributed by atoms with E-state index >= 15 is 0 Å². The highest BCUT2D eigenvalue weighted by molar-refractivity contribution is 6.31. The molecular formula is C11H14ClN5. The van der Waals surface area contributed by atoms with Crippen molar-refractivity contribution in [2.45, 2.75) is 20.4 Å². The highest BCUT2D eigenvalue weighted by Gasteiger charge is 2.09. The molecule has 0 atom stereocenters. The lowest BCUT2D eigenvalue weighted by Crippen LogP contribution is -2.10. The van der Waals surface area contributed by atoms with Gasteiger partial charge in [0.25, 0.3) is 0 Å². The van der Waals surface area contributed by atoms with Crippen LogP contribution in [-0.2, 0) is 6.54 Å². The lowest BCUT2D eigenvalue weighted by atomic mass is 10.2. The summed E-state index contributed by atoms with van der Waals surface area (Å²) in [6.07, 6.45) is 1.71. The molecule has 2 aromatic heterocycles. The number of hydrogen-bond acceptors (Lipinski definition) is 4. The molecule has 0 aliphatic carbocycles. The number of pyridine rings is 1. The molecule has 0 radical (unpaired) electrons. The Morgan fingerprint density at radius 3 is 2.82 bits per heavy atom. The van der Waals surface area contributed by atoms with Crippen LogP contribution in [0.3, 0.4) is 0 Å². The summed E-state index contributed by atoms with van der Waals surface area (Å²) in [5.74, 6) is 5.95. The van der Waals surface area contributed by atoms with E-state index < -0.39 is 0 Å². The molecule has 0 aromatic carbocycles. The van der Waals surface area contributed by atoms with Gasteiger partial charge in [0.15, 0.2) is 0 Å². The zero-order valence-electron chi connectivity index (χ0n) is 9.74. The van der Waals surface area contributed by atoms with Crippen LogP contribution >= 0.6 is 11.6 Å². The first-order valence-electron chi connectivity index (χ1n) is 5.23. The molecule has 0 bridgehead atoms. The molecule has 0 saturated heterocycles. The van der Waals surface area contributed by atoms with Gasteiger partial charge in [-0.1, -0.05) is 11.6 Å². The SMILES string of the molecule is Cc1nn(Cc2ccnc(NN)c2)c(C)c1Cl. The van der Waals surface area contributed by atoms with Crippen molar-refractivity contribution >= 4 is 17.4 Å². The minimum atomic E-state index is 0.634. The normalized spacial score (nSPS) is 10.6. The topological polar surface area (TPSA) is 68.8 Å². The van der Waals surface area contributed by atoms with Crippen LogP contribution in [0, 0.1) is 13.8 Å². The molecule has 0 saturated carbocycles. The maximum atomic E-state index is 6.10. The highest BCUT2D eigenvalue weighted by atomic mass is 35.5. The average Bonchev–Trinajstić information content (AvgIpc) is 2.57. The van der Waals surface area contributed by atoms with E-state index in [4.69, 9.17) is 17.4 Å². The predicted molar refractivity (Wildman–Crippen MR) is 67.9 cm³/mol. The number of nitrogens with zero attached hydrogens (tertiary/aromatic N) is 3. The van der Waals surface area contributed by atoms with Gasteiger partial charge in [0.1, 0.15) is 5.82 Å². The lowest BCUT2D eigenvalue weighted by Gasteiger charge is -2.06. The Morgan fingerprint density at radius 2 is 2.24 bits per heavy atom. The molecule has 2 heterocycles. The maximum Gasteiger partial charge on any atom is 0.140 e. The van der Waals surface area contributed by atoms with Crippen LogP contribution in [0.15, 0.2) is 18.3 Å². The van der Waals surface area contributed by atoms with E-state index in [1.807, 2.05) is 30.7 Å². The van der Waals surface area contributed by atoms with Gasteiger partial charge in [-0.15, -0.1) is 0 Å². The molecule has 0 fully saturated rings. The Morgan fingerprint density at radius 1 is 1.47 bits per heavy atom. The maximum absolute atomic E-state index is 6.10. The Hall–Kier alpha value is -1.59. The fourth-order valence-corrected chi connectivity index (χ4v) is 1.79. The fourth-order valence-electron chi connectivity index (χ4n) is 1.65. The van der Waals surface area contributed by atoms with Gasteiger partial charge in [-0.25, -0.2) is 10.8 Å². The van der Waals surface area contributed by atoms with E-state index in [2.05, 4.69) is 15.5 Å². The van der Waals surface area contributed by atoms with Crippen LogP contribution in [0.25, 0.3) is 0 Å². The van der Waals surface area contributed by atoms with Crippen molar-refractivity contribution in [3.05, 3.63) is 40.3 Å². The number of hydrogen-bond donors (Lipinski definition) is 2. The molecule has 6 heteroatoms. The summed E-state index contributed by atoms with van der Waals surface area (Å²) in [6.45, 7) is 4.49. The third kappa shape index (κ3) is 2.40. The molecule has 2 aromatic rings. The van der Waals surface area contributed by atoms with E-state index in [0.29, 0.717) is 12.4 Å². The van der Waals surface area contributed by atoms with Crippen LogP contribution in [0.1, 0.15) is 17.0 Å². The summed E-state index contributed by atoms with van der Waals surface area (Å²) in [7, 11) is 0. The summed E-state index contributed by atoms with van der Waals surface area (Å²) < 4.78 is 1.87. The van der Waals surface area contributed by atoms with Gasteiger partial charge in [-0.2, -0.15) is 5.10 Å². The molecule has 2 rings (SSSR count). The van der Waals surface area contributed by atoms with Gasteiger partial charge in [0, 0.05) is 6.20 Å². The molecule has 90 valence electrons. The van der Waals surface area contributed by atoms with E-state index in [-0.39, 0.29) is 0 Å². The van der Waals surface area contributed by atoms with Crippen molar-refractivity contribution in [1.29, 1.82) is 0 Å². The number of nitrogen functional groups attached to an aromatic ring is 1. The van der Waals surface area contributed by atoms with Crippen LogP contribution in [-0.4, -0.2) is 14.8 Å². The Kier molecular flexibility index (Phi) is 3.31. The van der Waals surface area contributed by atoms with Gasteiger partial charge in [0.05, 0.1) is 23.0 Å². The van der Waals surface area contributed by atoms with E-state index in [9.17, 15) is 0 Å². The molecule has 0 amide bonds. The highest BCUT2D eigenvalue weighted by Crippen LogP contribution is 2.20. The first kappa shape index (κ1) is 11.9. The third-order valence-corrected chi connectivity index (χ3v) is 3.14. The first-order valence-corrected chi connectivity index (χ1v) is 5.60. The van der Waals surface area contributed by atoms with Crippen molar-refractivity contribution in [3.63, 3.8) is 0 Å². The fraction of sp³-hybridized carbons (Fsp3) is 0.273. The van der Waals surface area contributed by atoms with Gasteiger partial charge in [-0.3, -0.25) is 4.68 Å². The number of anilines is 1. The summed E-state index contributed by atoms with van der Waals surface area (Å²) in [5, 5.41) is 5.09. The van der Waals surface area contributed by atoms with Gasteiger partial charge < -0.3 is 5.43 Å². The zero-order valence-corrected chi connectivity index (χ0v) is 10.5. The number of aromatic nitrogens is 3. The second kappa shape index (κ2) is 4.73. The van der Waals surface area contributed by atoms with E-state index in [1.54, 1.807) is 6.20 Å². The molecule has 0 spiro atoms. The molecule has 17 heavy (non-hydrogen) atoms. The molecule has 0 unspecified atom stereocenters. The van der Waals surface area contributed by atoms with Crippen LogP contribution in [0.5, 0.6) is 0 Å². The predicted octanol–water partition coefficient (Wildman–Crippen LogP) is 1.88. The van der Waals surface area contributed by atoms with Crippen molar-refractivity contribution in [1.82, 2.24) is 14.8 Å². The van der Waals surface area contributed by atoms with E-state index in [0.717, 1.165) is 22.0 Å². The van der Waals surface area contributed by atoms with Gasteiger partial charge >= 0.3 is 0 Å². The molecule has 0 aliphatic heterocycles. The quantitative estimate of drug-likeness (QED) is 0.646. The number of nitrogens with one attached hydrogen (secondary N) is 1. The number of nitrogens with two attached hydrogens (primary N) is 1. The summed E-state index contributed by atoms with van der Waals surface area (Å²) in [4.78, 5) is 4.05. The Balaban J connectivity index is 2.28. The third-order valence-electron chi connectivity index (χ3n) is 2.60. The van der Waals surface area contributed by atoms with Crippen molar-refractivity contribution in [2.75, 3.05) is 5.43 Å². The Labute approximate surface area is 105 Å². The van der Waals surface area contributed by atoms with Crippen molar-refractivity contribution in [3.8, 4) is 0 Å². The summed E-state index contributed by atoms with van der Waals surface area (Å²) >= 11 is 6.10. The van der Waals surface area contributed by atoms with Gasteiger partial charge in [0.2, 0.25) is 0 Å².